The third kappa shape index (κ3) is 5.05. The highest BCUT2D eigenvalue weighted by Crippen LogP contribution is 2.12. The van der Waals surface area contributed by atoms with E-state index in [9.17, 15) is 14.7 Å². The Labute approximate surface area is 158 Å². The Bertz CT molecular complexity index is 832. The molecule has 1 aromatic heterocycles. The molecule has 6 nitrogen and oxygen atoms in total. The minimum absolute atomic E-state index is 0.0135. The van der Waals surface area contributed by atoms with Gasteiger partial charge in [-0.3, -0.25) is 4.79 Å². The molecule has 144 valence electrons. The zero-order valence-electron chi connectivity index (χ0n) is 15.5. The number of hydrogen-bond acceptors (Lipinski definition) is 5. The maximum absolute atomic E-state index is 12.5. The molecule has 0 radical (unpaired) electrons. The molecule has 0 saturated carbocycles. The van der Waals surface area contributed by atoms with Crippen LogP contribution in [-0.2, 0) is 12.8 Å². The normalized spacial score (nSPS) is 19.6. The van der Waals surface area contributed by atoms with E-state index in [4.69, 9.17) is 4.42 Å². The van der Waals surface area contributed by atoms with Gasteiger partial charge >= 0.3 is 5.63 Å². The highest BCUT2D eigenvalue weighted by Gasteiger charge is 2.26. The molecule has 1 aliphatic heterocycles. The topological polar surface area (TPSA) is 91.6 Å². The van der Waals surface area contributed by atoms with Crippen LogP contribution in [0, 0.1) is 6.92 Å². The van der Waals surface area contributed by atoms with Gasteiger partial charge in [0.1, 0.15) is 11.3 Å². The summed E-state index contributed by atoms with van der Waals surface area (Å²) in [5, 5.41) is 15.8. The molecule has 1 aliphatic rings. The summed E-state index contributed by atoms with van der Waals surface area (Å²) in [4.78, 5) is 24.9. The summed E-state index contributed by atoms with van der Waals surface area (Å²) >= 11 is 0. The van der Waals surface area contributed by atoms with Crippen LogP contribution in [0.2, 0.25) is 0 Å². The van der Waals surface area contributed by atoms with E-state index in [1.807, 2.05) is 18.2 Å². The van der Waals surface area contributed by atoms with Gasteiger partial charge in [0, 0.05) is 13.0 Å². The van der Waals surface area contributed by atoms with E-state index in [2.05, 4.69) is 22.8 Å². The predicted molar refractivity (Wildman–Crippen MR) is 103 cm³/mol. The number of carbonyl (C=O) groups excluding carboxylic acids is 1. The number of piperidine rings is 1. The molecule has 2 heterocycles. The second-order valence-corrected chi connectivity index (χ2v) is 7.04. The number of nitrogens with one attached hydrogen (secondary N) is 2. The molecule has 1 fully saturated rings. The molecule has 1 amide bonds. The van der Waals surface area contributed by atoms with Gasteiger partial charge in [0.25, 0.3) is 5.91 Å². The van der Waals surface area contributed by atoms with Gasteiger partial charge in [0.2, 0.25) is 0 Å². The second-order valence-electron chi connectivity index (χ2n) is 7.04. The third-order valence-electron chi connectivity index (χ3n) is 4.92. The fourth-order valence-electron chi connectivity index (χ4n) is 3.41. The van der Waals surface area contributed by atoms with Gasteiger partial charge in [0.05, 0.1) is 12.1 Å². The van der Waals surface area contributed by atoms with Gasteiger partial charge in [-0.05, 0) is 49.9 Å². The van der Waals surface area contributed by atoms with Gasteiger partial charge in [0.15, 0.2) is 0 Å². The Morgan fingerprint density at radius 3 is 2.78 bits per heavy atom. The zero-order valence-corrected chi connectivity index (χ0v) is 15.5. The molecule has 0 bridgehead atoms. The van der Waals surface area contributed by atoms with Crippen molar-refractivity contribution in [2.75, 3.05) is 13.1 Å². The highest BCUT2D eigenvalue weighted by atomic mass is 16.4. The first-order valence-corrected chi connectivity index (χ1v) is 9.42. The van der Waals surface area contributed by atoms with Gasteiger partial charge in [-0.25, -0.2) is 4.79 Å². The summed E-state index contributed by atoms with van der Waals surface area (Å²) in [6, 6.07) is 11.5. The summed E-state index contributed by atoms with van der Waals surface area (Å²) in [5.41, 5.74) is 1.23. The predicted octanol–water partition coefficient (Wildman–Crippen LogP) is 1.58. The Hall–Kier alpha value is -2.44. The number of aryl methyl sites for hydroxylation is 3. The number of carbonyl (C=O) groups is 1. The minimum Gasteiger partial charge on any atom is -0.427 e. The van der Waals surface area contributed by atoms with Gasteiger partial charge < -0.3 is 20.2 Å². The van der Waals surface area contributed by atoms with Crippen molar-refractivity contribution in [2.24, 2.45) is 0 Å². The number of rotatable bonds is 6. The van der Waals surface area contributed by atoms with Crippen LogP contribution in [0.5, 0.6) is 0 Å². The van der Waals surface area contributed by atoms with Gasteiger partial charge in [-0.1, -0.05) is 30.3 Å². The fourth-order valence-corrected chi connectivity index (χ4v) is 3.41. The van der Waals surface area contributed by atoms with Crippen LogP contribution >= 0.6 is 0 Å². The number of hydrogen-bond donors (Lipinski definition) is 3. The SMILES string of the molecule is Cc1cc(CCCc2ccccc2)oc(=O)c1C(=O)N[C@H]1CNCC[C@H]1O. The van der Waals surface area contributed by atoms with Crippen LogP contribution in [0.1, 0.15) is 40.1 Å². The number of aliphatic hydroxyl groups is 1. The molecule has 3 N–H and O–H groups in total. The van der Waals surface area contributed by atoms with E-state index in [0.29, 0.717) is 37.3 Å². The molecular weight excluding hydrogens is 344 g/mol. The number of aliphatic hydroxyl groups excluding tert-OH is 1. The molecule has 0 spiro atoms. The first-order chi connectivity index (χ1) is 13.0. The van der Waals surface area contributed by atoms with Crippen molar-refractivity contribution in [1.82, 2.24) is 10.6 Å². The molecular formula is C21H26N2O4. The Kier molecular flexibility index (Phi) is 6.42. The van der Waals surface area contributed by atoms with Crippen molar-refractivity contribution in [3.63, 3.8) is 0 Å². The van der Waals surface area contributed by atoms with Gasteiger partial charge in [-0.15, -0.1) is 0 Å². The largest absolute Gasteiger partial charge is 0.427 e. The lowest BCUT2D eigenvalue weighted by Crippen LogP contribution is -2.54. The molecule has 1 aromatic carbocycles. The summed E-state index contributed by atoms with van der Waals surface area (Å²) < 4.78 is 5.37. The molecule has 0 aliphatic carbocycles. The molecule has 0 unspecified atom stereocenters. The van der Waals surface area contributed by atoms with Crippen LogP contribution in [0.25, 0.3) is 0 Å². The van der Waals surface area contributed by atoms with E-state index in [0.717, 1.165) is 12.8 Å². The number of amides is 1. The van der Waals surface area contributed by atoms with Crippen LogP contribution in [0.3, 0.4) is 0 Å². The van der Waals surface area contributed by atoms with Crippen molar-refractivity contribution in [2.45, 2.75) is 44.8 Å². The van der Waals surface area contributed by atoms with E-state index in [1.165, 1.54) is 5.56 Å². The summed E-state index contributed by atoms with van der Waals surface area (Å²) in [6.07, 6.45) is 2.35. The monoisotopic (exact) mass is 370 g/mol. The Balaban J connectivity index is 1.63. The lowest BCUT2D eigenvalue weighted by molar-refractivity contribution is 0.0751. The minimum atomic E-state index is -0.625. The van der Waals surface area contributed by atoms with Crippen LogP contribution in [0.4, 0.5) is 0 Å². The average Bonchev–Trinajstić information content (AvgIpc) is 2.64. The lowest BCUT2D eigenvalue weighted by Gasteiger charge is -2.29. The average molecular weight is 370 g/mol. The Morgan fingerprint density at radius 2 is 2.07 bits per heavy atom. The summed E-state index contributed by atoms with van der Waals surface area (Å²) in [6.45, 7) is 2.93. The zero-order chi connectivity index (χ0) is 19.2. The van der Waals surface area contributed by atoms with Crippen molar-refractivity contribution in [3.8, 4) is 0 Å². The molecule has 2 aromatic rings. The smallest absolute Gasteiger partial charge is 0.349 e. The van der Waals surface area contributed by atoms with E-state index in [-0.39, 0.29) is 5.56 Å². The summed E-state index contributed by atoms with van der Waals surface area (Å²) in [5.74, 6) is 0.0918. The lowest BCUT2D eigenvalue weighted by atomic mass is 10.0. The van der Waals surface area contributed by atoms with E-state index < -0.39 is 23.7 Å². The van der Waals surface area contributed by atoms with Crippen LogP contribution in [0.15, 0.2) is 45.6 Å². The van der Waals surface area contributed by atoms with Crippen molar-refractivity contribution < 1.29 is 14.3 Å². The molecule has 3 rings (SSSR count). The quantitative estimate of drug-likeness (QED) is 0.718. The standard InChI is InChI=1S/C21H26N2O4/c1-14-12-16(9-5-8-15-6-3-2-4-7-15)27-21(26)19(14)20(25)23-17-13-22-11-10-18(17)24/h2-4,6-7,12,17-18,22,24H,5,8-11,13H2,1H3,(H,23,25)/t17-,18+/m0/s1. The Morgan fingerprint density at radius 1 is 1.30 bits per heavy atom. The van der Waals surface area contributed by atoms with Gasteiger partial charge in [-0.2, -0.15) is 0 Å². The third-order valence-corrected chi connectivity index (χ3v) is 4.92. The first-order valence-electron chi connectivity index (χ1n) is 9.42. The van der Waals surface area contributed by atoms with Crippen LogP contribution in [-0.4, -0.2) is 36.2 Å². The number of benzene rings is 1. The van der Waals surface area contributed by atoms with Crippen molar-refractivity contribution in [1.29, 1.82) is 0 Å². The fraction of sp³-hybridized carbons (Fsp3) is 0.429. The summed E-state index contributed by atoms with van der Waals surface area (Å²) in [7, 11) is 0. The second kappa shape index (κ2) is 8.97. The molecule has 1 saturated heterocycles. The highest BCUT2D eigenvalue weighted by molar-refractivity contribution is 5.95. The van der Waals surface area contributed by atoms with Crippen LogP contribution < -0.4 is 16.3 Å². The molecule has 2 atom stereocenters. The maximum Gasteiger partial charge on any atom is 0.349 e. The molecule has 27 heavy (non-hydrogen) atoms. The van der Waals surface area contributed by atoms with E-state index >= 15 is 0 Å². The first kappa shape index (κ1) is 19.3. The van der Waals surface area contributed by atoms with Crippen molar-refractivity contribution >= 4 is 5.91 Å². The van der Waals surface area contributed by atoms with E-state index in [1.54, 1.807) is 13.0 Å². The maximum atomic E-state index is 12.5. The molecule has 6 heteroatoms. The van der Waals surface area contributed by atoms with Crippen molar-refractivity contribution in [3.05, 3.63) is 69.3 Å².